The molecule has 2 heterocycles. The van der Waals surface area contributed by atoms with Crippen molar-refractivity contribution in [2.75, 3.05) is 46.6 Å². The molecule has 0 bridgehead atoms. The van der Waals surface area contributed by atoms with Crippen molar-refractivity contribution in [1.82, 2.24) is 9.80 Å². The Morgan fingerprint density at radius 2 is 1.97 bits per heavy atom. The standard InChI is InChI=1S/C28H45N3O6/c1-5-7-11-30(12-8-10-29)25(32)17-31-16-21(26(28(33)34)22(31)13-19(3)9-6-2)20-14-23(35-4)27-24(15-20)36-18-37-27/h14-15,19,21-22,26H,5-13,16-18,29H2,1-4H3,(H,33,34)/t19?,21-,22+,26?/m1/s1. The second kappa shape index (κ2) is 13.9. The highest BCUT2D eigenvalue weighted by Gasteiger charge is 2.48. The first kappa shape index (κ1) is 29.0. The number of carbonyl (C=O) groups excluding carboxylic acids is 1. The number of hydrogen-bond donors (Lipinski definition) is 2. The summed E-state index contributed by atoms with van der Waals surface area (Å²) in [5.41, 5.74) is 6.56. The van der Waals surface area contributed by atoms with E-state index in [0.29, 0.717) is 49.3 Å². The van der Waals surface area contributed by atoms with Gasteiger partial charge in [-0.3, -0.25) is 14.5 Å². The van der Waals surface area contributed by atoms with Crippen LogP contribution in [-0.2, 0) is 9.59 Å². The van der Waals surface area contributed by atoms with Crippen molar-refractivity contribution >= 4 is 11.9 Å². The number of unbranched alkanes of at least 4 members (excludes halogenated alkanes) is 1. The number of carbonyl (C=O) groups is 2. The summed E-state index contributed by atoms with van der Waals surface area (Å²) in [5, 5.41) is 10.4. The molecule has 2 aliphatic heterocycles. The van der Waals surface area contributed by atoms with Crippen molar-refractivity contribution in [3.63, 3.8) is 0 Å². The number of carboxylic acid groups (broad SMARTS) is 1. The fraction of sp³-hybridized carbons (Fsp3) is 0.714. The quantitative estimate of drug-likeness (QED) is 0.361. The van der Waals surface area contributed by atoms with Gasteiger partial charge in [-0.1, -0.05) is 40.0 Å². The normalized spacial score (nSPS) is 21.7. The molecule has 2 unspecified atom stereocenters. The van der Waals surface area contributed by atoms with Gasteiger partial charge in [0.1, 0.15) is 0 Å². The van der Waals surface area contributed by atoms with Crippen LogP contribution < -0.4 is 19.9 Å². The minimum absolute atomic E-state index is 0.0445. The maximum Gasteiger partial charge on any atom is 0.308 e. The summed E-state index contributed by atoms with van der Waals surface area (Å²) in [5.74, 6) is 0.254. The summed E-state index contributed by atoms with van der Waals surface area (Å²) in [6.45, 7) is 9.09. The molecule has 37 heavy (non-hydrogen) atoms. The van der Waals surface area contributed by atoms with Crippen LogP contribution in [0.25, 0.3) is 0 Å². The highest BCUT2D eigenvalue weighted by atomic mass is 16.7. The maximum atomic E-state index is 13.5. The van der Waals surface area contributed by atoms with E-state index in [9.17, 15) is 14.7 Å². The number of carboxylic acids is 1. The summed E-state index contributed by atoms with van der Waals surface area (Å²) in [6, 6.07) is 3.49. The van der Waals surface area contributed by atoms with Gasteiger partial charge in [0.15, 0.2) is 11.5 Å². The van der Waals surface area contributed by atoms with Gasteiger partial charge in [-0.05, 0) is 49.4 Å². The lowest BCUT2D eigenvalue weighted by Gasteiger charge is -2.31. The van der Waals surface area contributed by atoms with Crippen LogP contribution in [0.4, 0.5) is 0 Å². The summed E-state index contributed by atoms with van der Waals surface area (Å²) in [4.78, 5) is 30.2. The Balaban J connectivity index is 1.92. The number of nitrogens with two attached hydrogens (primary N) is 1. The van der Waals surface area contributed by atoms with E-state index in [4.69, 9.17) is 19.9 Å². The monoisotopic (exact) mass is 519 g/mol. The van der Waals surface area contributed by atoms with Gasteiger partial charge in [-0.2, -0.15) is 0 Å². The SMILES string of the molecule is CCCCN(CCCN)C(=O)CN1C[C@H](c2cc(OC)c3c(c2)OCO3)C(C(=O)O)[C@@H]1CC(C)CCC. The van der Waals surface area contributed by atoms with Gasteiger partial charge < -0.3 is 30.0 Å². The lowest BCUT2D eigenvalue weighted by Crippen LogP contribution is -2.45. The molecule has 208 valence electrons. The molecule has 4 atom stereocenters. The molecule has 2 aliphatic rings. The van der Waals surface area contributed by atoms with Crippen molar-refractivity contribution in [3.05, 3.63) is 17.7 Å². The second-order valence-corrected chi connectivity index (χ2v) is 10.4. The second-order valence-electron chi connectivity index (χ2n) is 10.4. The number of hydrogen-bond acceptors (Lipinski definition) is 7. The van der Waals surface area contributed by atoms with Gasteiger partial charge >= 0.3 is 5.97 Å². The number of fused-ring (bicyclic) bond motifs is 1. The van der Waals surface area contributed by atoms with Gasteiger partial charge in [0.2, 0.25) is 18.4 Å². The lowest BCUT2D eigenvalue weighted by molar-refractivity contribution is -0.144. The number of benzene rings is 1. The molecule has 9 nitrogen and oxygen atoms in total. The van der Waals surface area contributed by atoms with E-state index < -0.39 is 11.9 Å². The minimum atomic E-state index is -0.837. The fourth-order valence-electron chi connectivity index (χ4n) is 5.78. The van der Waals surface area contributed by atoms with E-state index in [1.165, 1.54) is 0 Å². The van der Waals surface area contributed by atoms with E-state index in [2.05, 4.69) is 25.7 Å². The van der Waals surface area contributed by atoms with Crippen LogP contribution in [0.5, 0.6) is 17.2 Å². The molecule has 0 aliphatic carbocycles. The average molecular weight is 520 g/mol. The molecule has 1 saturated heterocycles. The van der Waals surface area contributed by atoms with Crippen LogP contribution in [0, 0.1) is 11.8 Å². The number of ether oxygens (including phenoxy) is 3. The molecule has 0 aromatic heterocycles. The lowest BCUT2D eigenvalue weighted by atomic mass is 9.81. The molecule has 0 saturated carbocycles. The summed E-state index contributed by atoms with van der Waals surface area (Å²) in [7, 11) is 1.57. The number of rotatable bonds is 15. The summed E-state index contributed by atoms with van der Waals surface area (Å²) < 4.78 is 16.7. The van der Waals surface area contributed by atoms with Gasteiger partial charge in [-0.25, -0.2) is 0 Å². The zero-order valence-corrected chi connectivity index (χ0v) is 22.9. The van der Waals surface area contributed by atoms with E-state index in [-0.39, 0.29) is 31.2 Å². The van der Waals surface area contributed by atoms with E-state index >= 15 is 0 Å². The van der Waals surface area contributed by atoms with Gasteiger partial charge in [0, 0.05) is 31.6 Å². The fourth-order valence-corrected chi connectivity index (χ4v) is 5.78. The smallest absolute Gasteiger partial charge is 0.308 e. The topological polar surface area (TPSA) is 115 Å². The van der Waals surface area contributed by atoms with Crippen LogP contribution in [0.1, 0.15) is 70.8 Å². The molecular formula is C28H45N3O6. The zero-order valence-electron chi connectivity index (χ0n) is 22.9. The third-order valence-electron chi connectivity index (χ3n) is 7.67. The van der Waals surface area contributed by atoms with Crippen molar-refractivity contribution < 1.29 is 28.9 Å². The molecule has 1 aromatic rings. The molecule has 1 fully saturated rings. The number of aliphatic carboxylic acids is 1. The molecule has 3 N–H and O–H groups in total. The van der Waals surface area contributed by atoms with Crippen LogP contribution in [0.3, 0.4) is 0 Å². The van der Waals surface area contributed by atoms with Gasteiger partial charge in [-0.15, -0.1) is 0 Å². The Kier molecular flexibility index (Phi) is 10.9. The van der Waals surface area contributed by atoms with Crippen molar-refractivity contribution in [2.45, 2.75) is 71.3 Å². The van der Waals surface area contributed by atoms with Crippen molar-refractivity contribution in [2.24, 2.45) is 17.6 Å². The largest absolute Gasteiger partial charge is 0.493 e. The Hall–Kier alpha value is -2.52. The first-order valence-corrected chi connectivity index (χ1v) is 13.8. The summed E-state index contributed by atoms with van der Waals surface area (Å²) in [6.07, 6.45) is 5.48. The zero-order chi connectivity index (χ0) is 26.9. The third kappa shape index (κ3) is 7.08. The first-order valence-electron chi connectivity index (χ1n) is 13.8. The van der Waals surface area contributed by atoms with Gasteiger partial charge in [0.05, 0.1) is 19.6 Å². The molecule has 9 heteroatoms. The minimum Gasteiger partial charge on any atom is -0.493 e. The molecular weight excluding hydrogens is 474 g/mol. The van der Waals surface area contributed by atoms with Crippen LogP contribution in [-0.4, -0.2) is 79.5 Å². The van der Waals surface area contributed by atoms with Crippen molar-refractivity contribution in [1.29, 1.82) is 0 Å². The van der Waals surface area contributed by atoms with E-state index in [0.717, 1.165) is 44.1 Å². The molecule has 1 aromatic carbocycles. The first-order chi connectivity index (χ1) is 17.8. The van der Waals surface area contributed by atoms with Crippen LogP contribution in [0.15, 0.2) is 12.1 Å². The third-order valence-corrected chi connectivity index (χ3v) is 7.67. The van der Waals surface area contributed by atoms with Crippen molar-refractivity contribution in [3.8, 4) is 17.2 Å². The van der Waals surface area contributed by atoms with Crippen LogP contribution in [0.2, 0.25) is 0 Å². The summed E-state index contributed by atoms with van der Waals surface area (Å²) >= 11 is 0. The number of amides is 1. The predicted molar refractivity (Wildman–Crippen MR) is 142 cm³/mol. The number of likely N-dealkylation sites (tertiary alicyclic amines) is 1. The number of methoxy groups -OCH3 is 1. The molecule has 0 radical (unpaired) electrons. The van der Waals surface area contributed by atoms with E-state index in [1.807, 2.05) is 17.0 Å². The molecule has 3 rings (SSSR count). The van der Waals surface area contributed by atoms with E-state index in [1.54, 1.807) is 7.11 Å². The highest BCUT2D eigenvalue weighted by Crippen LogP contribution is 2.47. The predicted octanol–water partition coefficient (Wildman–Crippen LogP) is 3.70. The Labute approximate surface area is 221 Å². The molecule has 0 spiro atoms. The average Bonchev–Trinajstić information content (AvgIpc) is 3.48. The number of nitrogens with zero attached hydrogens (tertiary/aromatic N) is 2. The van der Waals surface area contributed by atoms with Gasteiger partial charge in [0.25, 0.3) is 0 Å². The van der Waals surface area contributed by atoms with Crippen LogP contribution >= 0.6 is 0 Å². The Morgan fingerprint density at radius 3 is 2.62 bits per heavy atom. The molecule has 1 amide bonds. The Morgan fingerprint density at radius 1 is 1.22 bits per heavy atom. The highest BCUT2D eigenvalue weighted by molar-refractivity contribution is 5.79. The Bertz CT molecular complexity index is 902. The maximum absolute atomic E-state index is 13.5.